The maximum Gasteiger partial charge on any atom is 0.373 e. The Kier molecular flexibility index (Phi) is 5.54. The molecule has 1 aromatic carbocycles. The third-order valence-corrected chi connectivity index (χ3v) is 5.87. The SMILES string of the molecule is COC(=O)c1ccc(CN2C(=O)NC(=Cc3ccc(N4CCCC4)c(C)c3C)C2=O)o1. The Labute approximate surface area is 180 Å². The number of carbonyl (C=O) groups excluding carboxylic acids is 3. The molecule has 2 aliphatic heterocycles. The van der Waals surface area contributed by atoms with Gasteiger partial charge in [0.15, 0.2) is 0 Å². The topological polar surface area (TPSA) is 92.1 Å². The van der Waals surface area contributed by atoms with E-state index in [0.29, 0.717) is 5.76 Å². The number of hydrogen-bond acceptors (Lipinski definition) is 6. The normalized spacial score (nSPS) is 17.6. The number of rotatable bonds is 5. The lowest BCUT2D eigenvalue weighted by atomic mass is 10.00. The fourth-order valence-corrected chi connectivity index (χ4v) is 3.98. The molecule has 1 aromatic heterocycles. The van der Waals surface area contributed by atoms with Gasteiger partial charge >= 0.3 is 12.0 Å². The summed E-state index contributed by atoms with van der Waals surface area (Å²) in [7, 11) is 1.25. The number of furan rings is 1. The first-order valence-corrected chi connectivity index (χ1v) is 10.3. The van der Waals surface area contributed by atoms with Crippen LogP contribution >= 0.6 is 0 Å². The van der Waals surface area contributed by atoms with Crippen LogP contribution in [0.1, 0.15) is 45.8 Å². The van der Waals surface area contributed by atoms with Crippen molar-refractivity contribution in [2.45, 2.75) is 33.2 Å². The van der Waals surface area contributed by atoms with Gasteiger partial charge in [-0.05, 0) is 67.7 Å². The number of amides is 3. The van der Waals surface area contributed by atoms with Crippen LogP contribution in [0.5, 0.6) is 0 Å². The second-order valence-electron chi connectivity index (χ2n) is 7.76. The Balaban J connectivity index is 1.53. The van der Waals surface area contributed by atoms with Gasteiger partial charge in [0, 0.05) is 18.8 Å². The fourth-order valence-electron chi connectivity index (χ4n) is 3.98. The smallest absolute Gasteiger partial charge is 0.373 e. The molecule has 31 heavy (non-hydrogen) atoms. The first-order chi connectivity index (χ1) is 14.9. The second kappa shape index (κ2) is 8.29. The highest BCUT2D eigenvalue weighted by molar-refractivity contribution is 6.14. The Hall–Kier alpha value is -3.55. The van der Waals surface area contributed by atoms with Crippen LogP contribution in [-0.4, -0.2) is 43.0 Å². The van der Waals surface area contributed by atoms with Crippen molar-refractivity contribution in [2.24, 2.45) is 0 Å². The third-order valence-electron chi connectivity index (χ3n) is 5.87. The van der Waals surface area contributed by atoms with Gasteiger partial charge in [0.05, 0.1) is 13.7 Å². The number of urea groups is 1. The Morgan fingerprint density at radius 2 is 1.87 bits per heavy atom. The van der Waals surface area contributed by atoms with Crippen molar-refractivity contribution >= 4 is 29.7 Å². The van der Waals surface area contributed by atoms with E-state index in [0.717, 1.165) is 29.1 Å². The van der Waals surface area contributed by atoms with E-state index in [-0.39, 0.29) is 18.0 Å². The van der Waals surface area contributed by atoms with Crippen LogP contribution in [0.4, 0.5) is 10.5 Å². The summed E-state index contributed by atoms with van der Waals surface area (Å²) >= 11 is 0. The molecule has 4 rings (SSSR count). The van der Waals surface area contributed by atoms with E-state index in [9.17, 15) is 14.4 Å². The number of methoxy groups -OCH3 is 1. The Bertz CT molecular complexity index is 1080. The maximum atomic E-state index is 12.8. The van der Waals surface area contributed by atoms with Crippen molar-refractivity contribution in [1.82, 2.24) is 10.2 Å². The first kappa shape index (κ1) is 20.7. The largest absolute Gasteiger partial charge is 0.463 e. The molecular weight excluding hydrogens is 398 g/mol. The monoisotopic (exact) mass is 423 g/mol. The lowest BCUT2D eigenvalue weighted by Crippen LogP contribution is -2.30. The third kappa shape index (κ3) is 3.93. The predicted octanol–water partition coefficient (Wildman–Crippen LogP) is 3.38. The van der Waals surface area contributed by atoms with E-state index >= 15 is 0 Å². The van der Waals surface area contributed by atoms with Crippen LogP contribution < -0.4 is 10.2 Å². The summed E-state index contributed by atoms with van der Waals surface area (Å²) < 4.78 is 9.97. The molecule has 8 heteroatoms. The maximum absolute atomic E-state index is 12.8. The summed E-state index contributed by atoms with van der Waals surface area (Å²) in [5.41, 5.74) is 4.57. The summed E-state index contributed by atoms with van der Waals surface area (Å²) in [6.07, 6.45) is 4.12. The molecule has 1 N–H and O–H groups in total. The zero-order valence-electron chi connectivity index (χ0n) is 17.9. The van der Waals surface area contributed by atoms with Crippen LogP contribution in [0.25, 0.3) is 6.08 Å². The number of ether oxygens (including phenoxy) is 1. The highest BCUT2D eigenvalue weighted by atomic mass is 16.5. The molecule has 0 aliphatic carbocycles. The number of nitrogens with one attached hydrogen (secondary N) is 1. The molecule has 0 radical (unpaired) electrons. The zero-order valence-corrected chi connectivity index (χ0v) is 17.9. The highest BCUT2D eigenvalue weighted by Gasteiger charge is 2.34. The summed E-state index contributed by atoms with van der Waals surface area (Å²) in [6.45, 7) is 6.16. The molecule has 2 saturated heterocycles. The molecule has 2 aromatic rings. The van der Waals surface area contributed by atoms with Crippen LogP contribution in [0.15, 0.2) is 34.4 Å². The van der Waals surface area contributed by atoms with Crippen LogP contribution in [0.2, 0.25) is 0 Å². The molecule has 2 fully saturated rings. The molecule has 2 aliphatic rings. The zero-order chi connectivity index (χ0) is 22.1. The number of anilines is 1. The Morgan fingerprint density at radius 3 is 2.58 bits per heavy atom. The van der Waals surface area contributed by atoms with E-state index in [1.165, 1.54) is 37.3 Å². The van der Waals surface area contributed by atoms with Gasteiger partial charge < -0.3 is 19.4 Å². The minimum absolute atomic E-state index is 0.0181. The van der Waals surface area contributed by atoms with E-state index in [2.05, 4.69) is 27.9 Å². The standard InChI is InChI=1S/C23H25N3O5/c1-14-15(2)19(25-10-4-5-11-25)8-6-16(14)12-18-21(27)26(23(29)24-18)13-17-7-9-20(31-17)22(28)30-3/h6-9,12H,4-5,10-11,13H2,1-3H3,(H,24,29). The quantitative estimate of drug-likeness (QED) is 0.450. The van der Waals surface area contributed by atoms with Crippen molar-refractivity contribution in [3.8, 4) is 0 Å². The average molecular weight is 423 g/mol. The van der Waals surface area contributed by atoms with E-state index in [1.54, 1.807) is 12.1 Å². The minimum atomic E-state index is -0.618. The average Bonchev–Trinajstić information content (AvgIpc) is 3.50. The molecular formula is C23H25N3O5. The molecule has 0 spiro atoms. The number of nitrogens with zero attached hydrogens (tertiary/aromatic N) is 2. The second-order valence-corrected chi connectivity index (χ2v) is 7.76. The highest BCUT2D eigenvalue weighted by Crippen LogP contribution is 2.30. The summed E-state index contributed by atoms with van der Waals surface area (Å²) in [4.78, 5) is 40.2. The van der Waals surface area contributed by atoms with E-state index in [4.69, 9.17) is 4.42 Å². The molecule has 0 atom stereocenters. The van der Waals surface area contributed by atoms with Gasteiger partial charge in [-0.15, -0.1) is 0 Å². The van der Waals surface area contributed by atoms with Crippen molar-refractivity contribution < 1.29 is 23.5 Å². The summed E-state index contributed by atoms with van der Waals surface area (Å²) in [6, 6.07) is 6.52. The van der Waals surface area contributed by atoms with Crippen molar-refractivity contribution in [3.05, 3.63) is 58.2 Å². The molecule has 162 valence electrons. The van der Waals surface area contributed by atoms with Gasteiger partial charge in [0.25, 0.3) is 5.91 Å². The number of esters is 1. The molecule has 3 heterocycles. The van der Waals surface area contributed by atoms with Gasteiger partial charge in [-0.2, -0.15) is 0 Å². The minimum Gasteiger partial charge on any atom is -0.463 e. The summed E-state index contributed by atoms with van der Waals surface area (Å²) in [5, 5.41) is 2.63. The first-order valence-electron chi connectivity index (χ1n) is 10.3. The number of benzene rings is 1. The van der Waals surface area contributed by atoms with Crippen molar-refractivity contribution in [1.29, 1.82) is 0 Å². The molecule has 0 unspecified atom stereocenters. The van der Waals surface area contributed by atoms with Gasteiger partial charge in [-0.1, -0.05) is 6.07 Å². The van der Waals surface area contributed by atoms with Crippen LogP contribution in [0, 0.1) is 13.8 Å². The molecule has 8 nitrogen and oxygen atoms in total. The van der Waals surface area contributed by atoms with Crippen molar-refractivity contribution in [2.75, 3.05) is 25.1 Å². The fraction of sp³-hybridized carbons (Fsp3) is 0.348. The molecule has 3 amide bonds. The van der Waals surface area contributed by atoms with Crippen molar-refractivity contribution in [3.63, 3.8) is 0 Å². The van der Waals surface area contributed by atoms with E-state index < -0.39 is 17.9 Å². The number of carbonyl (C=O) groups is 3. The predicted molar refractivity (Wildman–Crippen MR) is 114 cm³/mol. The summed E-state index contributed by atoms with van der Waals surface area (Å²) in [5.74, 6) is -0.731. The van der Waals surface area contributed by atoms with Gasteiger partial charge in [-0.3, -0.25) is 9.69 Å². The molecule has 0 bridgehead atoms. The van der Waals surface area contributed by atoms with Gasteiger partial charge in [0.2, 0.25) is 5.76 Å². The number of hydrogen-bond donors (Lipinski definition) is 1. The van der Waals surface area contributed by atoms with Gasteiger partial charge in [-0.25, -0.2) is 9.59 Å². The Morgan fingerprint density at radius 1 is 1.13 bits per heavy atom. The molecule has 0 saturated carbocycles. The van der Waals surface area contributed by atoms with Gasteiger partial charge in [0.1, 0.15) is 11.5 Å². The van der Waals surface area contributed by atoms with E-state index in [1.807, 2.05) is 13.0 Å². The van der Waals surface area contributed by atoms with Crippen LogP contribution in [0.3, 0.4) is 0 Å². The lowest BCUT2D eigenvalue weighted by Gasteiger charge is -2.22. The lowest BCUT2D eigenvalue weighted by molar-refractivity contribution is -0.123. The van der Waals surface area contributed by atoms with Crippen LogP contribution in [-0.2, 0) is 16.1 Å². The number of imide groups is 1.